The summed E-state index contributed by atoms with van der Waals surface area (Å²) in [6.45, 7) is 2.07. The minimum Gasteiger partial charge on any atom is -0.383 e. The first-order valence-electron chi connectivity index (χ1n) is 4.58. The number of aromatic nitrogens is 1. The molecule has 3 N–H and O–H groups in total. The zero-order chi connectivity index (χ0) is 10.6. The monoisotopic (exact) mass is 211 g/mol. The van der Waals surface area contributed by atoms with Gasteiger partial charge in [-0.1, -0.05) is 0 Å². The number of rotatable bonds is 4. The fraction of sp³-hybridized carbons (Fsp3) is 0.500. The fourth-order valence-corrected chi connectivity index (χ4v) is 2.19. The second-order valence-electron chi connectivity index (χ2n) is 3.22. The van der Waals surface area contributed by atoms with E-state index >= 15 is 0 Å². The Morgan fingerprint density at radius 3 is 2.86 bits per heavy atom. The van der Waals surface area contributed by atoms with Crippen LogP contribution in [0.1, 0.15) is 17.2 Å². The van der Waals surface area contributed by atoms with Crippen LogP contribution in [-0.2, 0) is 0 Å². The van der Waals surface area contributed by atoms with E-state index in [-0.39, 0.29) is 0 Å². The highest BCUT2D eigenvalue weighted by Crippen LogP contribution is 2.24. The summed E-state index contributed by atoms with van der Waals surface area (Å²) in [5.74, 6) is 1.64. The molecule has 0 fully saturated rings. The first kappa shape index (κ1) is 11.3. The lowest BCUT2D eigenvalue weighted by Crippen LogP contribution is -2.21. The van der Waals surface area contributed by atoms with Crippen LogP contribution in [0.2, 0.25) is 0 Å². The minimum absolute atomic E-state index is 0.290. The maximum absolute atomic E-state index is 5.87. The number of nitrogen functional groups attached to an aromatic ring is 1. The lowest BCUT2D eigenvalue weighted by atomic mass is 10.0. The van der Waals surface area contributed by atoms with E-state index in [4.69, 9.17) is 5.73 Å². The van der Waals surface area contributed by atoms with Crippen LogP contribution in [0.3, 0.4) is 0 Å². The zero-order valence-electron chi connectivity index (χ0n) is 8.87. The van der Waals surface area contributed by atoms with Gasteiger partial charge >= 0.3 is 0 Å². The summed E-state index contributed by atoms with van der Waals surface area (Å²) in [5, 5.41) is 3.26. The molecule has 14 heavy (non-hydrogen) atoms. The molecule has 0 spiro atoms. The van der Waals surface area contributed by atoms with Crippen molar-refractivity contribution in [2.45, 2.75) is 13.0 Å². The van der Waals surface area contributed by atoms with E-state index in [2.05, 4.69) is 23.5 Å². The van der Waals surface area contributed by atoms with Gasteiger partial charge in [0.15, 0.2) is 0 Å². The summed E-state index contributed by atoms with van der Waals surface area (Å²) in [6, 6.07) is 2.29. The van der Waals surface area contributed by atoms with Crippen LogP contribution < -0.4 is 11.1 Å². The maximum atomic E-state index is 5.87. The molecule has 0 aliphatic carbocycles. The topological polar surface area (TPSA) is 50.9 Å². The van der Waals surface area contributed by atoms with Gasteiger partial charge in [-0.15, -0.1) is 0 Å². The molecule has 1 aromatic heterocycles. The minimum atomic E-state index is 0.290. The molecule has 1 heterocycles. The third kappa shape index (κ3) is 2.39. The number of pyridine rings is 1. The van der Waals surface area contributed by atoms with Crippen LogP contribution in [0, 0.1) is 6.92 Å². The smallest absolute Gasteiger partial charge is 0.128 e. The van der Waals surface area contributed by atoms with E-state index in [1.807, 2.05) is 13.1 Å². The molecule has 1 rings (SSSR count). The van der Waals surface area contributed by atoms with Gasteiger partial charge < -0.3 is 11.1 Å². The lowest BCUT2D eigenvalue weighted by molar-refractivity contribution is 0.658. The average molecular weight is 211 g/mol. The average Bonchev–Trinajstić information content (AvgIpc) is 2.16. The van der Waals surface area contributed by atoms with Crippen molar-refractivity contribution in [1.29, 1.82) is 0 Å². The van der Waals surface area contributed by atoms with Crippen LogP contribution in [0.25, 0.3) is 0 Å². The predicted octanol–water partition coefficient (Wildman–Crippen LogP) is 1.60. The largest absolute Gasteiger partial charge is 0.383 e. The van der Waals surface area contributed by atoms with Crippen molar-refractivity contribution in [2.24, 2.45) is 0 Å². The summed E-state index contributed by atoms with van der Waals surface area (Å²) >= 11 is 1.80. The highest BCUT2D eigenvalue weighted by molar-refractivity contribution is 7.98. The van der Waals surface area contributed by atoms with Crippen LogP contribution in [0.4, 0.5) is 5.82 Å². The summed E-state index contributed by atoms with van der Waals surface area (Å²) in [6.07, 6.45) is 3.84. The molecule has 3 nitrogen and oxygen atoms in total. The second-order valence-corrected chi connectivity index (χ2v) is 4.13. The Hall–Kier alpha value is -0.740. The predicted molar refractivity (Wildman–Crippen MR) is 63.6 cm³/mol. The zero-order valence-corrected chi connectivity index (χ0v) is 9.69. The number of nitrogens with two attached hydrogens (primary N) is 1. The van der Waals surface area contributed by atoms with E-state index in [1.165, 1.54) is 5.56 Å². The summed E-state index contributed by atoms with van der Waals surface area (Å²) < 4.78 is 0. The molecule has 0 radical (unpaired) electrons. The second kappa shape index (κ2) is 5.22. The summed E-state index contributed by atoms with van der Waals surface area (Å²) in [7, 11) is 1.95. The van der Waals surface area contributed by atoms with Crippen molar-refractivity contribution in [3.63, 3.8) is 0 Å². The van der Waals surface area contributed by atoms with Gasteiger partial charge in [0.25, 0.3) is 0 Å². The highest BCUT2D eigenvalue weighted by Gasteiger charge is 2.14. The molecule has 78 valence electrons. The first-order valence-corrected chi connectivity index (χ1v) is 5.97. The molecular weight excluding hydrogens is 194 g/mol. The van der Waals surface area contributed by atoms with Crippen molar-refractivity contribution in [2.75, 3.05) is 24.8 Å². The van der Waals surface area contributed by atoms with E-state index in [0.29, 0.717) is 11.9 Å². The molecule has 0 amide bonds. The van der Waals surface area contributed by atoms with Gasteiger partial charge in [0, 0.05) is 23.6 Å². The molecular formula is C10H17N3S. The summed E-state index contributed by atoms with van der Waals surface area (Å²) in [5.41, 5.74) is 8.20. The van der Waals surface area contributed by atoms with Crippen molar-refractivity contribution < 1.29 is 0 Å². The normalized spacial score (nSPS) is 12.8. The Balaban J connectivity index is 3.02. The highest BCUT2D eigenvalue weighted by atomic mass is 32.2. The molecule has 0 aliphatic rings. The number of nitrogens with one attached hydrogen (secondary N) is 1. The van der Waals surface area contributed by atoms with E-state index < -0.39 is 0 Å². The van der Waals surface area contributed by atoms with Crippen molar-refractivity contribution >= 4 is 17.6 Å². The number of hydrogen-bond acceptors (Lipinski definition) is 4. The van der Waals surface area contributed by atoms with Gasteiger partial charge in [0.05, 0.1) is 0 Å². The third-order valence-corrected chi connectivity index (χ3v) is 2.94. The quantitative estimate of drug-likeness (QED) is 0.794. The van der Waals surface area contributed by atoms with Gasteiger partial charge in [0.1, 0.15) is 5.82 Å². The van der Waals surface area contributed by atoms with Gasteiger partial charge in [-0.05, 0) is 31.9 Å². The van der Waals surface area contributed by atoms with E-state index in [1.54, 1.807) is 18.0 Å². The molecule has 0 saturated heterocycles. The molecule has 0 aliphatic heterocycles. The Bertz CT molecular complexity index is 281. The SMILES string of the molecule is CNC(CSC)c1c(C)ccnc1N. The van der Waals surface area contributed by atoms with Crippen molar-refractivity contribution in [1.82, 2.24) is 10.3 Å². The number of hydrogen-bond donors (Lipinski definition) is 2. The molecule has 1 unspecified atom stereocenters. The van der Waals surface area contributed by atoms with Gasteiger partial charge in [-0.3, -0.25) is 0 Å². The lowest BCUT2D eigenvalue weighted by Gasteiger charge is -2.18. The molecule has 1 aromatic rings. The van der Waals surface area contributed by atoms with Crippen LogP contribution in [-0.4, -0.2) is 24.0 Å². The number of anilines is 1. The number of thioether (sulfide) groups is 1. The van der Waals surface area contributed by atoms with E-state index in [9.17, 15) is 0 Å². The van der Waals surface area contributed by atoms with Crippen molar-refractivity contribution in [3.05, 3.63) is 23.4 Å². The van der Waals surface area contributed by atoms with Crippen LogP contribution >= 0.6 is 11.8 Å². The Morgan fingerprint density at radius 2 is 2.36 bits per heavy atom. The van der Waals surface area contributed by atoms with Crippen LogP contribution in [0.5, 0.6) is 0 Å². The number of aryl methyl sites for hydroxylation is 1. The maximum Gasteiger partial charge on any atom is 0.128 e. The third-order valence-electron chi connectivity index (χ3n) is 2.27. The van der Waals surface area contributed by atoms with Gasteiger partial charge in [-0.2, -0.15) is 11.8 Å². The molecule has 0 bridgehead atoms. The summed E-state index contributed by atoms with van der Waals surface area (Å²) in [4.78, 5) is 4.12. The Labute approximate surface area is 89.5 Å². The Morgan fingerprint density at radius 1 is 1.64 bits per heavy atom. The molecule has 0 saturated carbocycles. The fourth-order valence-electron chi connectivity index (χ4n) is 1.52. The first-order chi connectivity index (χ1) is 6.70. The number of nitrogens with zero attached hydrogens (tertiary/aromatic N) is 1. The molecule has 4 heteroatoms. The van der Waals surface area contributed by atoms with Gasteiger partial charge in [-0.25, -0.2) is 4.98 Å². The van der Waals surface area contributed by atoms with E-state index in [0.717, 1.165) is 11.3 Å². The Kier molecular flexibility index (Phi) is 4.22. The standard InChI is InChI=1S/C10H17N3S/c1-7-4-5-13-10(11)9(7)8(12-2)6-14-3/h4-5,8,12H,6H2,1-3H3,(H2,11,13). The van der Waals surface area contributed by atoms with Gasteiger partial charge in [0.2, 0.25) is 0 Å². The van der Waals surface area contributed by atoms with Crippen molar-refractivity contribution in [3.8, 4) is 0 Å². The van der Waals surface area contributed by atoms with Crippen LogP contribution in [0.15, 0.2) is 12.3 Å². The molecule has 0 aromatic carbocycles. The molecule has 1 atom stereocenters.